The van der Waals surface area contributed by atoms with Gasteiger partial charge >= 0.3 is 0 Å². The first-order valence-electron chi connectivity index (χ1n) is 7.56. The molecule has 6 nitrogen and oxygen atoms in total. The molecule has 2 rings (SSSR count). The highest BCUT2D eigenvalue weighted by molar-refractivity contribution is 5.85. The van der Waals surface area contributed by atoms with Crippen LogP contribution in [-0.2, 0) is 20.8 Å². The van der Waals surface area contributed by atoms with E-state index in [4.69, 9.17) is 15.2 Å². The number of nitrogens with zero attached hydrogens (tertiary/aromatic N) is 1. The average Bonchev–Trinajstić information content (AvgIpc) is 2.54. The predicted molar refractivity (Wildman–Crippen MR) is 100 cm³/mol. The molecule has 3 N–H and O–H groups in total. The van der Waals surface area contributed by atoms with E-state index in [9.17, 15) is 4.79 Å². The van der Waals surface area contributed by atoms with Crippen molar-refractivity contribution in [2.75, 3.05) is 44.9 Å². The average molecular weight is 380 g/mol. The number of nitrogens with one attached hydrogen (secondary N) is 1. The van der Waals surface area contributed by atoms with Crippen LogP contribution in [0.2, 0.25) is 0 Å². The number of methoxy groups -OCH3 is 1. The highest BCUT2D eigenvalue weighted by atomic mass is 35.5. The fourth-order valence-corrected chi connectivity index (χ4v) is 2.49. The van der Waals surface area contributed by atoms with Crippen molar-refractivity contribution in [2.45, 2.75) is 19.5 Å². The molecule has 1 amide bonds. The van der Waals surface area contributed by atoms with Crippen LogP contribution in [0.5, 0.6) is 0 Å². The Morgan fingerprint density at radius 1 is 1.38 bits per heavy atom. The fourth-order valence-electron chi connectivity index (χ4n) is 2.49. The zero-order chi connectivity index (χ0) is 15.9. The van der Waals surface area contributed by atoms with E-state index in [1.807, 2.05) is 0 Å². The van der Waals surface area contributed by atoms with Crippen LogP contribution in [0.1, 0.15) is 11.1 Å². The van der Waals surface area contributed by atoms with E-state index in [1.54, 1.807) is 0 Å². The minimum absolute atomic E-state index is 0. The lowest BCUT2D eigenvalue weighted by Gasteiger charge is -2.31. The van der Waals surface area contributed by atoms with Gasteiger partial charge in [-0.05, 0) is 24.1 Å². The third-order valence-electron chi connectivity index (χ3n) is 3.73. The minimum Gasteiger partial charge on any atom is -0.383 e. The van der Waals surface area contributed by atoms with Gasteiger partial charge in [0.25, 0.3) is 0 Å². The van der Waals surface area contributed by atoms with Gasteiger partial charge in [-0.3, -0.25) is 4.79 Å². The Bertz CT molecular complexity index is 511. The lowest BCUT2D eigenvalue weighted by Crippen LogP contribution is -2.43. The summed E-state index contributed by atoms with van der Waals surface area (Å²) in [4.78, 5) is 14.2. The maximum absolute atomic E-state index is 11.9. The van der Waals surface area contributed by atoms with Gasteiger partial charge in [-0.1, -0.05) is 12.1 Å². The smallest absolute Gasteiger partial charge is 0.239 e. The number of anilines is 1. The Hall–Kier alpha value is -1.05. The van der Waals surface area contributed by atoms with E-state index in [1.165, 1.54) is 12.7 Å². The van der Waals surface area contributed by atoms with Crippen LogP contribution in [0.4, 0.5) is 5.69 Å². The number of carbonyl (C=O) groups excluding carboxylic acids is 1. The number of hydrogen-bond acceptors (Lipinski definition) is 5. The topological polar surface area (TPSA) is 76.8 Å². The quantitative estimate of drug-likeness (QED) is 0.777. The predicted octanol–water partition coefficient (Wildman–Crippen LogP) is 1.27. The van der Waals surface area contributed by atoms with Crippen LogP contribution < -0.4 is 16.0 Å². The summed E-state index contributed by atoms with van der Waals surface area (Å²) in [6.07, 6.45) is 0. The molecule has 1 heterocycles. The maximum Gasteiger partial charge on any atom is 0.239 e. The lowest BCUT2D eigenvalue weighted by atomic mass is 10.1. The Balaban J connectivity index is 0.00000264. The van der Waals surface area contributed by atoms with Crippen LogP contribution >= 0.6 is 24.8 Å². The van der Waals surface area contributed by atoms with Crippen LogP contribution in [0, 0.1) is 6.92 Å². The molecule has 1 aliphatic heterocycles. The molecule has 8 heteroatoms. The number of ether oxygens (including phenoxy) is 2. The second-order valence-electron chi connectivity index (χ2n) is 5.51. The van der Waals surface area contributed by atoms with Crippen molar-refractivity contribution in [1.29, 1.82) is 0 Å². The van der Waals surface area contributed by atoms with Gasteiger partial charge in [0.1, 0.15) is 6.04 Å². The number of rotatable bonds is 6. The minimum atomic E-state index is -0.637. The second-order valence-corrected chi connectivity index (χ2v) is 5.51. The molecule has 0 bridgehead atoms. The standard InChI is InChI=1S/C16H25N3O3.2ClH/c1-12-3-4-13(10-18-16(20)14(17)11-21-2)15(9-12)19-5-7-22-8-6-19;;/h3-4,9,14H,5-8,10-11,17H2,1-2H3,(H,18,20);2*1H. The third-order valence-corrected chi connectivity index (χ3v) is 3.73. The first-order valence-corrected chi connectivity index (χ1v) is 7.56. The monoisotopic (exact) mass is 379 g/mol. The Labute approximate surface area is 155 Å². The highest BCUT2D eigenvalue weighted by Crippen LogP contribution is 2.23. The first kappa shape index (κ1) is 22.9. The zero-order valence-corrected chi connectivity index (χ0v) is 15.8. The van der Waals surface area contributed by atoms with Gasteiger partial charge in [0, 0.05) is 32.4 Å². The van der Waals surface area contributed by atoms with Gasteiger partial charge in [-0.25, -0.2) is 0 Å². The maximum atomic E-state index is 11.9. The number of halogens is 2. The molecular formula is C16H27Cl2N3O3. The van der Waals surface area contributed by atoms with Gasteiger partial charge in [0.2, 0.25) is 5.91 Å². The molecule has 1 aromatic carbocycles. The van der Waals surface area contributed by atoms with E-state index in [0.717, 1.165) is 37.6 Å². The summed E-state index contributed by atoms with van der Waals surface area (Å²) in [7, 11) is 1.53. The molecule has 0 saturated carbocycles. The molecule has 1 unspecified atom stereocenters. The van der Waals surface area contributed by atoms with Crippen molar-refractivity contribution in [3.63, 3.8) is 0 Å². The van der Waals surface area contributed by atoms with Crippen molar-refractivity contribution < 1.29 is 14.3 Å². The van der Waals surface area contributed by atoms with Gasteiger partial charge in [-0.2, -0.15) is 0 Å². The van der Waals surface area contributed by atoms with E-state index in [-0.39, 0.29) is 37.3 Å². The Morgan fingerprint density at radius 2 is 2.04 bits per heavy atom. The van der Waals surface area contributed by atoms with Crippen LogP contribution in [-0.4, -0.2) is 52.0 Å². The third kappa shape index (κ3) is 6.45. The van der Waals surface area contributed by atoms with Crippen molar-refractivity contribution in [3.8, 4) is 0 Å². The van der Waals surface area contributed by atoms with Crippen LogP contribution in [0.3, 0.4) is 0 Å². The summed E-state index contributed by atoms with van der Waals surface area (Å²) in [6, 6.07) is 5.63. The summed E-state index contributed by atoms with van der Waals surface area (Å²) in [5.74, 6) is -0.199. The number of aryl methyl sites for hydroxylation is 1. The molecule has 1 saturated heterocycles. The lowest BCUT2D eigenvalue weighted by molar-refractivity contribution is -0.123. The molecule has 1 fully saturated rings. The van der Waals surface area contributed by atoms with Crippen molar-refractivity contribution in [2.24, 2.45) is 5.73 Å². The van der Waals surface area contributed by atoms with Gasteiger partial charge < -0.3 is 25.4 Å². The molecule has 24 heavy (non-hydrogen) atoms. The summed E-state index contributed by atoms with van der Waals surface area (Å²) >= 11 is 0. The Morgan fingerprint density at radius 3 is 2.67 bits per heavy atom. The molecule has 0 aliphatic carbocycles. The first-order chi connectivity index (χ1) is 10.6. The molecule has 0 radical (unpaired) electrons. The number of morpholine rings is 1. The molecular weight excluding hydrogens is 353 g/mol. The van der Waals surface area contributed by atoms with E-state index >= 15 is 0 Å². The van der Waals surface area contributed by atoms with Gasteiger partial charge in [0.15, 0.2) is 0 Å². The molecule has 0 spiro atoms. The van der Waals surface area contributed by atoms with Crippen LogP contribution in [0.15, 0.2) is 18.2 Å². The van der Waals surface area contributed by atoms with E-state index < -0.39 is 6.04 Å². The largest absolute Gasteiger partial charge is 0.383 e. The van der Waals surface area contributed by atoms with Crippen molar-refractivity contribution in [3.05, 3.63) is 29.3 Å². The number of hydrogen-bond donors (Lipinski definition) is 2. The summed E-state index contributed by atoms with van der Waals surface area (Å²) in [5.41, 5.74) is 9.18. The molecule has 1 aromatic rings. The van der Waals surface area contributed by atoms with E-state index in [0.29, 0.717) is 6.54 Å². The van der Waals surface area contributed by atoms with Gasteiger partial charge in [-0.15, -0.1) is 24.8 Å². The highest BCUT2D eigenvalue weighted by Gasteiger charge is 2.17. The SMILES string of the molecule is COCC(N)C(=O)NCc1ccc(C)cc1N1CCOCC1.Cl.Cl. The summed E-state index contributed by atoms with van der Waals surface area (Å²) in [6.45, 7) is 5.96. The fraction of sp³-hybridized carbons (Fsp3) is 0.562. The molecule has 138 valence electrons. The molecule has 1 aliphatic rings. The molecule has 0 aromatic heterocycles. The van der Waals surface area contributed by atoms with Crippen molar-refractivity contribution in [1.82, 2.24) is 5.32 Å². The second kappa shape index (κ2) is 11.5. The zero-order valence-electron chi connectivity index (χ0n) is 14.1. The number of benzene rings is 1. The summed E-state index contributed by atoms with van der Waals surface area (Å²) < 4.78 is 10.3. The molecule has 1 atom stereocenters. The van der Waals surface area contributed by atoms with Gasteiger partial charge in [0.05, 0.1) is 19.8 Å². The summed E-state index contributed by atoms with van der Waals surface area (Å²) in [5, 5.41) is 2.88. The Kier molecular flexibility index (Phi) is 11.0. The number of nitrogens with two attached hydrogens (primary N) is 1. The normalized spacial score (nSPS) is 15.0. The van der Waals surface area contributed by atoms with Crippen molar-refractivity contribution >= 4 is 36.4 Å². The van der Waals surface area contributed by atoms with Crippen LogP contribution in [0.25, 0.3) is 0 Å². The number of amides is 1. The number of carbonyl (C=O) groups is 1. The van der Waals surface area contributed by atoms with E-state index in [2.05, 4.69) is 35.3 Å².